The zero-order valence-electron chi connectivity index (χ0n) is 29.7. The number of nitrogens with zero attached hydrogens (tertiary/aromatic N) is 1. The molecule has 1 atom stereocenters. The van der Waals surface area contributed by atoms with Crippen LogP contribution in [0.25, 0.3) is 77.4 Å². The topological polar surface area (TPSA) is 22.0 Å². The summed E-state index contributed by atoms with van der Waals surface area (Å²) in [5, 5.41) is 2.23. The summed E-state index contributed by atoms with van der Waals surface area (Å²) in [6, 6.07) is 65.2. The molecule has 0 saturated carbocycles. The molecule has 1 unspecified atom stereocenters. The van der Waals surface area contributed by atoms with Gasteiger partial charge in [0.1, 0.15) is 0 Å². The molecule has 2 heterocycles. The highest BCUT2D eigenvalue weighted by atomic mass is 16.2. The molecule has 1 aliphatic carbocycles. The minimum absolute atomic E-state index is 0.0154. The average Bonchev–Trinajstić information content (AvgIpc) is 3.42. The smallest absolute Gasteiger partial charge is 0.263 e. The number of hydrogen-bond donors (Lipinski definition) is 0. The average molecular weight is 690 g/mol. The molecular weight excluding hydrogens is 655 g/mol. The highest BCUT2D eigenvalue weighted by Gasteiger charge is 2.36. The molecule has 0 fully saturated rings. The van der Waals surface area contributed by atoms with Gasteiger partial charge in [0.15, 0.2) is 0 Å². The Morgan fingerprint density at radius 1 is 0.426 bits per heavy atom. The van der Waals surface area contributed by atoms with Crippen LogP contribution in [0.15, 0.2) is 182 Å². The van der Waals surface area contributed by atoms with Crippen LogP contribution in [0.1, 0.15) is 39.4 Å². The van der Waals surface area contributed by atoms with Gasteiger partial charge in [0.25, 0.3) is 5.91 Å². The van der Waals surface area contributed by atoms with Gasteiger partial charge in [-0.3, -0.25) is 9.36 Å². The fourth-order valence-electron chi connectivity index (χ4n) is 9.22. The second-order valence-corrected chi connectivity index (χ2v) is 14.7. The van der Waals surface area contributed by atoms with Crippen LogP contribution in [0.3, 0.4) is 0 Å². The van der Waals surface area contributed by atoms with Crippen molar-refractivity contribution in [2.24, 2.45) is 0 Å². The first-order valence-electron chi connectivity index (χ1n) is 18.9. The van der Waals surface area contributed by atoms with Crippen molar-refractivity contribution >= 4 is 27.7 Å². The monoisotopic (exact) mass is 689 g/mol. The molecule has 0 amide bonds. The summed E-state index contributed by atoms with van der Waals surface area (Å²) in [7, 11) is 0. The zero-order chi connectivity index (χ0) is 35.8. The van der Waals surface area contributed by atoms with Crippen LogP contribution in [0.4, 0.5) is 0 Å². The molecule has 0 spiro atoms. The molecule has 0 N–H and O–H groups in total. The van der Waals surface area contributed by atoms with Crippen LogP contribution >= 0.6 is 0 Å². The van der Waals surface area contributed by atoms with Crippen LogP contribution in [0.2, 0.25) is 0 Å². The Morgan fingerprint density at radius 3 is 1.56 bits per heavy atom. The predicted molar refractivity (Wildman–Crippen MR) is 223 cm³/mol. The van der Waals surface area contributed by atoms with E-state index in [1.807, 2.05) is 4.57 Å². The second-order valence-electron chi connectivity index (χ2n) is 14.7. The SMILES string of the molecule is O=C1c2cc(-c3ccccc3)cc3c2C(CCc2ccc(-c4ccccc4)cc2-3)c2cc(-c3ccccc3)cc3c4cc(-c5ccccc5)ccc4n1c23. The van der Waals surface area contributed by atoms with Crippen molar-refractivity contribution in [3.63, 3.8) is 0 Å². The van der Waals surface area contributed by atoms with Gasteiger partial charge in [0.05, 0.1) is 11.0 Å². The highest BCUT2D eigenvalue weighted by Crippen LogP contribution is 2.51. The van der Waals surface area contributed by atoms with Crippen LogP contribution in [0, 0.1) is 0 Å². The van der Waals surface area contributed by atoms with Crippen LogP contribution < -0.4 is 0 Å². The largest absolute Gasteiger partial charge is 0.275 e. The molecule has 2 heteroatoms. The standard InChI is InChI=1S/C52H35NO/c54-52-48-32-40(35-17-9-3-10-18-35)29-45-43-27-38(33-13-5-1-6-14-33)22-21-37(43)23-25-42(50(45)48)46-30-41(36-19-11-4-12-20-36)31-47-44-28-39(34-15-7-2-8-16-34)24-26-49(44)53(52)51(46)47/h1-22,24,26-32,42H,23,25H2. The molecule has 1 aromatic heterocycles. The van der Waals surface area contributed by atoms with E-state index in [0.717, 1.165) is 73.6 Å². The Labute approximate surface area is 314 Å². The van der Waals surface area contributed by atoms with E-state index >= 15 is 4.79 Å². The number of aryl methyl sites for hydroxylation is 1. The third-order valence-electron chi connectivity index (χ3n) is 11.8. The van der Waals surface area contributed by atoms with E-state index in [1.54, 1.807) is 0 Å². The molecule has 0 bridgehead atoms. The number of rotatable bonds is 4. The first-order chi connectivity index (χ1) is 26.7. The third-order valence-corrected chi connectivity index (χ3v) is 11.8. The van der Waals surface area contributed by atoms with Crippen molar-refractivity contribution in [3.05, 3.63) is 204 Å². The Kier molecular flexibility index (Phi) is 6.93. The minimum atomic E-state index is 0.0154. The van der Waals surface area contributed by atoms with E-state index in [2.05, 4.69) is 182 Å². The number of carbonyl (C=O) groups is 1. The van der Waals surface area contributed by atoms with Crippen molar-refractivity contribution in [2.75, 3.05) is 0 Å². The predicted octanol–water partition coefficient (Wildman–Crippen LogP) is 13.2. The van der Waals surface area contributed by atoms with E-state index < -0.39 is 0 Å². The fourth-order valence-corrected chi connectivity index (χ4v) is 9.22. The van der Waals surface area contributed by atoms with E-state index in [9.17, 15) is 0 Å². The molecular formula is C52H35NO. The third kappa shape index (κ3) is 4.77. The normalized spacial score (nSPS) is 14.4. The molecule has 0 radical (unpaired) electrons. The zero-order valence-corrected chi connectivity index (χ0v) is 29.7. The first kappa shape index (κ1) is 30.8. The number of fused-ring (bicyclic) bond motifs is 6. The maximum Gasteiger partial charge on any atom is 0.263 e. The van der Waals surface area contributed by atoms with E-state index in [0.29, 0.717) is 0 Å². The van der Waals surface area contributed by atoms with Gasteiger partial charge in [-0.25, -0.2) is 0 Å². The van der Waals surface area contributed by atoms with Crippen molar-refractivity contribution in [1.29, 1.82) is 0 Å². The van der Waals surface area contributed by atoms with E-state index in [-0.39, 0.29) is 11.8 Å². The lowest BCUT2D eigenvalue weighted by Gasteiger charge is -2.22. The van der Waals surface area contributed by atoms with E-state index in [4.69, 9.17) is 0 Å². The highest BCUT2D eigenvalue weighted by molar-refractivity contribution is 6.20. The summed E-state index contributed by atoms with van der Waals surface area (Å²) in [5.74, 6) is 0.0528. The molecule has 8 aromatic carbocycles. The fraction of sp³-hybridized carbons (Fsp3) is 0.0577. The maximum absolute atomic E-state index is 15.6. The van der Waals surface area contributed by atoms with Gasteiger partial charge < -0.3 is 0 Å². The summed E-state index contributed by atoms with van der Waals surface area (Å²) in [5.41, 5.74) is 18.1. The summed E-state index contributed by atoms with van der Waals surface area (Å²) in [4.78, 5) is 15.6. The van der Waals surface area contributed by atoms with Gasteiger partial charge in [-0.2, -0.15) is 0 Å². The van der Waals surface area contributed by atoms with Crippen LogP contribution in [0.5, 0.6) is 0 Å². The van der Waals surface area contributed by atoms with Gasteiger partial charge in [-0.1, -0.05) is 140 Å². The van der Waals surface area contributed by atoms with Crippen molar-refractivity contribution in [2.45, 2.75) is 18.8 Å². The van der Waals surface area contributed by atoms with Gasteiger partial charge in [0.2, 0.25) is 0 Å². The van der Waals surface area contributed by atoms with Crippen molar-refractivity contribution in [3.8, 4) is 55.6 Å². The van der Waals surface area contributed by atoms with Crippen molar-refractivity contribution in [1.82, 2.24) is 4.57 Å². The number of hydrogen-bond acceptors (Lipinski definition) is 1. The number of carbonyl (C=O) groups excluding carboxylic acids is 1. The Hall–Kier alpha value is -6.77. The number of benzene rings is 8. The summed E-state index contributed by atoms with van der Waals surface area (Å²) in [6.45, 7) is 0. The van der Waals surface area contributed by atoms with Gasteiger partial charge in [-0.05, 0) is 128 Å². The molecule has 2 aliphatic rings. The van der Waals surface area contributed by atoms with Crippen molar-refractivity contribution < 1.29 is 4.79 Å². The molecule has 9 aromatic rings. The summed E-state index contributed by atoms with van der Waals surface area (Å²) >= 11 is 0. The van der Waals surface area contributed by atoms with Gasteiger partial charge >= 0.3 is 0 Å². The van der Waals surface area contributed by atoms with Crippen LogP contribution in [-0.4, -0.2) is 10.5 Å². The Balaban J connectivity index is 1.25. The molecule has 254 valence electrons. The van der Waals surface area contributed by atoms with Gasteiger partial charge in [0, 0.05) is 22.3 Å². The lowest BCUT2D eigenvalue weighted by atomic mass is 9.80. The quantitative estimate of drug-likeness (QED) is 0.180. The summed E-state index contributed by atoms with van der Waals surface area (Å²) in [6.07, 6.45) is 1.81. The number of aromatic nitrogens is 1. The maximum atomic E-state index is 15.6. The Morgan fingerprint density at radius 2 is 0.926 bits per heavy atom. The lowest BCUT2D eigenvalue weighted by molar-refractivity contribution is 0.0969. The van der Waals surface area contributed by atoms with E-state index in [1.165, 1.54) is 38.9 Å². The lowest BCUT2D eigenvalue weighted by Crippen LogP contribution is -2.13. The Bertz CT molecular complexity index is 2920. The molecule has 2 nitrogen and oxygen atoms in total. The van der Waals surface area contributed by atoms with Gasteiger partial charge in [-0.15, -0.1) is 0 Å². The first-order valence-corrected chi connectivity index (χ1v) is 18.9. The summed E-state index contributed by atoms with van der Waals surface area (Å²) < 4.78 is 2.05. The molecule has 1 aliphatic heterocycles. The molecule has 11 rings (SSSR count). The second kappa shape index (κ2) is 12.1. The molecule has 54 heavy (non-hydrogen) atoms. The molecule has 0 saturated heterocycles. The minimum Gasteiger partial charge on any atom is -0.275 e. The van der Waals surface area contributed by atoms with Crippen LogP contribution in [-0.2, 0) is 6.42 Å².